The molecule has 1 saturated heterocycles. The Morgan fingerprint density at radius 3 is 2.70 bits per heavy atom. The molecule has 2 aliphatic heterocycles. The zero-order valence-electron chi connectivity index (χ0n) is 17.8. The molecule has 3 rings (SSSR count). The highest BCUT2D eigenvalue weighted by atomic mass is 19.1. The number of rotatable bonds is 2. The van der Waals surface area contributed by atoms with Gasteiger partial charge in [-0.15, -0.1) is 0 Å². The van der Waals surface area contributed by atoms with Gasteiger partial charge in [-0.1, -0.05) is 6.42 Å². The number of nitrogens with one attached hydrogen (secondary N) is 2. The molecule has 1 atom stereocenters. The number of hydrogen-bond acceptors (Lipinski definition) is 4. The topological polar surface area (TPSA) is 73.8 Å². The maximum atomic E-state index is 14.8. The molecule has 2 heterocycles. The lowest BCUT2D eigenvalue weighted by molar-refractivity contribution is -0.128. The van der Waals surface area contributed by atoms with E-state index in [1.165, 1.54) is 7.05 Å². The van der Waals surface area contributed by atoms with Crippen molar-refractivity contribution in [2.45, 2.75) is 58.0 Å². The molecule has 6 nitrogen and oxygen atoms in total. The Kier molecular flexibility index (Phi) is 6.24. The second-order valence-electron chi connectivity index (χ2n) is 8.27. The van der Waals surface area contributed by atoms with Crippen molar-refractivity contribution in [1.82, 2.24) is 15.5 Å². The maximum absolute atomic E-state index is 14.8. The number of likely N-dealkylation sites (N-methyl/N-ethyl adjacent to an activating group) is 1. The Morgan fingerprint density at radius 1 is 1.27 bits per heavy atom. The first-order valence-electron chi connectivity index (χ1n) is 10.2. The first-order valence-corrected chi connectivity index (χ1v) is 10.2. The molecule has 162 valence electrons. The first-order chi connectivity index (χ1) is 14.2. The van der Waals surface area contributed by atoms with Crippen molar-refractivity contribution in [2.75, 3.05) is 13.6 Å². The minimum absolute atomic E-state index is 0.0141. The van der Waals surface area contributed by atoms with Crippen molar-refractivity contribution in [3.63, 3.8) is 0 Å². The lowest BCUT2D eigenvalue weighted by atomic mass is 9.93. The average Bonchev–Trinajstić information content (AvgIpc) is 2.95. The summed E-state index contributed by atoms with van der Waals surface area (Å²) in [6.45, 7) is 5.61. The molecular formula is C22H28F2N4O2. The molecule has 0 spiro atoms. The summed E-state index contributed by atoms with van der Waals surface area (Å²) in [7, 11) is 1.48. The van der Waals surface area contributed by atoms with Gasteiger partial charge in [-0.3, -0.25) is 14.6 Å². The standard InChI is InChI=1S/C22H28F2N4O2/c1-13-17-8-6-5-7-11-28(17)19(15-12-14(23)9-10-16(15)24)27-22(2,3)18(21(30)25-4)26-20(13)29/h9-10,12,18H,5-8,11H2,1-4H3,(H,25,30)(H,26,29)/b17-13+,27-19+/t18-/m1/s1. The number of fused-ring (bicyclic) bond motifs is 1. The Labute approximate surface area is 175 Å². The van der Waals surface area contributed by atoms with Gasteiger partial charge in [0, 0.05) is 24.9 Å². The van der Waals surface area contributed by atoms with Crippen LogP contribution in [0.15, 0.2) is 34.5 Å². The zero-order chi connectivity index (χ0) is 22.1. The fourth-order valence-electron chi connectivity index (χ4n) is 3.98. The smallest absolute Gasteiger partial charge is 0.249 e. The van der Waals surface area contributed by atoms with E-state index in [9.17, 15) is 18.4 Å². The fourth-order valence-corrected chi connectivity index (χ4v) is 3.98. The van der Waals surface area contributed by atoms with E-state index in [1.807, 2.05) is 4.90 Å². The van der Waals surface area contributed by atoms with E-state index in [0.717, 1.165) is 43.2 Å². The van der Waals surface area contributed by atoms with Crippen molar-refractivity contribution in [3.05, 3.63) is 46.7 Å². The van der Waals surface area contributed by atoms with Gasteiger partial charge in [0.2, 0.25) is 11.8 Å². The van der Waals surface area contributed by atoms with Crippen LogP contribution >= 0.6 is 0 Å². The predicted molar refractivity (Wildman–Crippen MR) is 111 cm³/mol. The number of aliphatic imine (C=N–C) groups is 1. The van der Waals surface area contributed by atoms with Gasteiger partial charge in [0.05, 0.1) is 11.1 Å². The van der Waals surface area contributed by atoms with Crippen LogP contribution in [0.4, 0.5) is 8.78 Å². The number of benzene rings is 1. The first kappa shape index (κ1) is 21.9. The molecule has 0 saturated carbocycles. The summed E-state index contributed by atoms with van der Waals surface area (Å²) in [5.41, 5.74) is 0.0698. The molecule has 1 fully saturated rings. The Bertz CT molecular complexity index is 924. The van der Waals surface area contributed by atoms with E-state index in [0.29, 0.717) is 18.5 Å². The predicted octanol–water partition coefficient (Wildman–Crippen LogP) is 2.88. The average molecular weight is 418 g/mol. The van der Waals surface area contributed by atoms with Gasteiger partial charge in [0.15, 0.2) is 0 Å². The summed E-state index contributed by atoms with van der Waals surface area (Å²) in [4.78, 5) is 32.2. The number of carbonyl (C=O) groups excluding carboxylic acids is 2. The minimum atomic E-state index is -1.12. The number of amides is 2. The van der Waals surface area contributed by atoms with Gasteiger partial charge in [-0.2, -0.15) is 0 Å². The minimum Gasteiger partial charge on any atom is -0.357 e. The Morgan fingerprint density at radius 2 is 2.00 bits per heavy atom. The molecule has 0 bridgehead atoms. The largest absolute Gasteiger partial charge is 0.357 e. The summed E-state index contributed by atoms with van der Waals surface area (Å²) in [6, 6.07) is 2.26. The molecule has 1 aromatic carbocycles. The summed E-state index contributed by atoms with van der Waals surface area (Å²) < 4.78 is 28.9. The quantitative estimate of drug-likeness (QED) is 0.776. The molecule has 1 aromatic rings. The van der Waals surface area contributed by atoms with Crippen molar-refractivity contribution in [1.29, 1.82) is 0 Å². The van der Waals surface area contributed by atoms with Crippen molar-refractivity contribution < 1.29 is 18.4 Å². The molecule has 2 N–H and O–H groups in total. The molecule has 0 radical (unpaired) electrons. The number of nitrogens with zero attached hydrogens (tertiary/aromatic N) is 2. The van der Waals surface area contributed by atoms with Crippen LogP contribution in [-0.4, -0.2) is 47.7 Å². The molecule has 0 aliphatic carbocycles. The van der Waals surface area contributed by atoms with Crippen LogP contribution in [0.3, 0.4) is 0 Å². The number of allylic oxidation sites excluding steroid dienone is 1. The molecule has 0 aromatic heterocycles. The highest BCUT2D eigenvalue weighted by Gasteiger charge is 2.40. The van der Waals surface area contributed by atoms with Crippen molar-refractivity contribution >= 4 is 17.6 Å². The molecule has 2 aliphatic rings. The molecule has 30 heavy (non-hydrogen) atoms. The van der Waals surface area contributed by atoms with Gasteiger partial charge in [-0.05, 0) is 58.2 Å². The monoisotopic (exact) mass is 418 g/mol. The molecule has 0 unspecified atom stereocenters. The van der Waals surface area contributed by atoms with Crippen molar-refractivity contribution in [3.8, 4) is 0 Å². The van der Waals surface area contributed by atoms with E-state index in [4.69, 9.17) is 4.99 Å². The summed E-state index contributed by atoms with van der Waals surface area (Å²) >= 11 is 0. The van der Waals surface area contributed by atoms with Gasteiger partial charge in [-0.25, -0.2) is 8.78 Å². The third-order valence-electron chi connectivity index (χ3n) is 5.70. The van der Waals surface area contributed by atoms with Crippen LogP contribution in [0.25, 0.3) is 0 Å². The molecule has 2 amide bonds. The lowest BCUT2D eigenvalue weighted by Crippen LogP contribution is -2.56. The Hall–Kier alpha value is -2.77. The third kappa shape index (κ3) is 4.22. The van der Waals surface area contributed by atoms with E-state index in [2.05, 4.69) is 10.6 Å². The third-order valence-corrected chi connectivity index (χ3v) is 5.70. The molecular weight excluding hydrogens is 390 g/mol. The summed E-state index contributed by atoms with van der Waals surface area (Å²) in [5, 5.41) is 5.35. The second-order valence-corrected chi connectivity index (χ2v) is 8.27. The van der Waals surface area contributed by atoms with Crippen LogP contribution in [0.2, 0.25) is 0 Å². The van der Waals surface area contributed by atoms with Gasteiger partial charge >= 0.3 is 0 Å². The van der Waals surface area contributed by atoms with Gasteiger partial charge < -0.3 is 15.5 Å². The van der Waals surface area contributed by atoms with Crippen molar-refractivity contribution in [2.24, 2.45) is 4.99 Å². The van der Waals surface area contributed by atoms with E-state index in [1.54, 1.807) is 20.8 Å². The number of amidine groups is 1. The van der Waals surface area contributed by atoms with Gasteiger partial charge in [0.25, 0.3) is 0 Å². The molecule has 8 heteroatoms. The van der Waals surface area contributed by atoms with Crippen LogP contribution in [-0.2, 0) is 9.59 Å². The van der Waals surface area contributed by atoms with E-state index in [-0.39, 0.29) is 17.3 Å². The zero-order valence-corrected chi connectivity index (χ0v) is 17.8. The highest BCUT2D eigenvalue weighted by molar-refractivity contribution is 6.04. The maximum Gasteiger partial charge on any atom is 0.249 e. The highest BCUT2D eigenvalue weighted by Crippen LogP contribution is 2.30. The summed E-state index contributed by atoms with van der Waals surface area (Å²) in [6.07, 6.45) is 3.27. The SMILES string of the molecule is CNC(=O)[C@H]1NC(=O)/C(C)=C2\CCCCCN2/C(c2cc(F)ccc2F)=N/C1(C)C. The lowest BCUT2D eigenvalue weighted by Gasteiger charge is -2.32. The van der Waals surface area contributed by atoms with Crippen LogP contribution in [0.5, 0.6) is 0 Å². The van der Waals surface area contributed by atoms with E-state index < -0.39 is 29.1 Å². The normalized spacial score (nSPS) is 26.2. The number of hydrogen-bond donors (Lipinski definition) is 2. The van der Waals surface area contributed by atoms with Crippen LogP contribution < -0.4 is 10.6 Å². The number of halogens is 2. The second kappa shape index (κ2) is 8.53. The van der Waals surface area contributed by atoms with E-state index >= 15 is 0 Å². The van der Waals surface area contributed by atoms with Gasteiger partial charge in [0.1, 0.15) is 23.5 Å². The Balaban J connectivity index is 2.31. The van der Waals surface area contributed by atoms with Crippen LogP contribution in [0, 0.1) is 11.6 Å². The number of carbonyl (C=O) groups is 2. The van der Waals surface area contributed by atoms with Crippen LogP contribution in [0.1, 0.15) is 52.0 Å². The fraction of sp³-hybridized carbons (Fsp3) is 0.500. The summed E-state index contributed by atoms with van der Waals surface area (Å²) in [5.74, 6) is -1.73.